The zero-order valence-corrected chi connectivity index (χ0v) is 16.7. The Morgan fingerprint density at radius 3 is 2.41 bits per heavy atom. The number of carbonyl (C=O) groups excluding carboxylic acids is 1. The Balaban J connectivity index is 1.70. The molecule has 0 bridgehead atoms. The lowest BCUT2D eigenvalue weighted by Crippen LogP contribution is -2.24. The fraction of sp³-hybridized carbons (Fsp3) is 0.192. The van der Waals surface area contributed by atoms with E-state index in [9.17, 15) is 4.79 Å². The summed E-state index contributed by atoms with van der Waals surface area (Å²) in [6.45, 7) is 3.11. The highest BCUT2D eigenvalue weighted by molar-refractivity contribution is 6.08. The first-order valence-corrected chi connectivity index (χ1v) is 10.3. The molecule has 0 spiro atoms. The van der Waals surface area contributed by atoms with E-state index in [1.807, 2.05) is 48.5 Å². The lowest BCUT2D eigenvalue weighted by Gasteiger charge is -2.26. The minimum Gasteiger partial charge on any atom is -0.346 e. The van der Waals surface area contributed by atoms with Crippen LogP contribution < -0.4 is 0 Å². The van der Waals surface area contributed by atoms with Gasteiger partial charge < -0.3 is 9.47 Å². The third kappa shape index (κ3) is 4.09. The number of hydrogen-bond donors (Lipinski definition) is 0. The van der Waals surface area contributed by atoms with Crippen molar-refractivity contribution >= 4 is 17.6 Å². The molecule has 2 aromatic carbocycles. The topological polar surface area (TPSA) is 25.2 Å². The first-order valence-electron chi connectivity index (χ1n) is 10.3. The summed E-state index contributed by atoms with van der Waals surface area (Å²) in [5.41, 5.74) is 3.99. The van der Waals surface area contributed by atoms with Crippen molar-refractivity contribution in [1.29, 1.82) is 0 Å². The number of aromatic nitrogens is 1. The van der Waals surface area contributed by atoms with Gasteiger partial charge in [0, 0.05) is 24.4 Å². The van der Waals surface area contributed by atoms with Gasteiger partial charge in [0.05, 0.1) is 11.4 Å². The van der Waals surface area contributed by atoms with Crippen molar-refractivity contribution in [3.8, 4) is 0 Å². The molecule has 0 saturated carbocycles. The minimum absolute atomic E-state index is 0.0440. The van der Waals surface area contributed by atoms with Crippen LogP contribution in [0, 0.1) is 0 Å². The Morgan fingerprint density at radius 1 is 0.966 bits per heavy atom. The normalized spacial score (nSPS) is 17.2. The van der Waals surface area contributed by atoms with Crippen molar-refractivity contribution in [3.63, 3.8) is 0 Å². The van der Waals surface area contributed by atoms with Gasteiger partial charge in [-0.05, 0) is 30.2 Å². The molecule has 1 atom stereocenters. The summed E-state index contributed by atoms with van der Waals surface area (Å²) >= 11 is 0. The summed E-state index contributed by atoms with van der Waals surface area (Å²) < 4.78 is 2.25. The van der Waals surface area contributed by atoms with E-state index in [1.165, 1.54) is 5.56 Å². The van der Waals surface area contributed by atoms with Crippen molar-refractivity contribution in [2.75, 3.05) is 6.54 Å². The van der Waals surface area contributed by atoms with Gasteiger partial charge in [-0.3, -0.25) is 4.79 Å². The average Bonchev–Trinajstić information content (AvgIpc) is 3.34. The van der Waals surface area contributed by atoms with Crippen LogP contribution in [0.3, 0.4) is 0 Å². The van der Waals surface area contributed by atoms with Gasteiger partial charge >= 0.3 is 0 Å². The Morgan fingerprint density at radius 2 is 1.69 bits per heavy atom. The summed E-state index contributed by atoms with van der Waals surface area (Å²) in [5.74, 6) is 0.0440. The maximum absolute atomic E-state index is 12.9. The minimum atomic E-state index is 0.0440. The van der Waals surface area contributed by atoms with Crippen LogP contribution in [0.5, 0.6) is 0 Å². The highest BCUT2D eigenvalue weighted by atomic mass is 16.1. The van der Waals surface area contributed by atoms with E-state index in [-0.39, 0.29) is 11.9 Å². The number of unbranched alkanes of at least 4 members (excludes halogenated alkanes) is 1. The molecule has 3 nitrogen and oxygen atoms in total. The highest BCUT2D eigenvalue weighted by Gasteiger charge is 2.31. The maximum atomic E-state index is 12.9. The smallest absolute Gasteiger partial charge is 0.187 e. The van der Waals surface area contributed by atoms with E-state index in [0.29, 0.717) is 0 Å². The number of rotatable bonds is 7. The Bertz CT molecular complexity index is 1020. The van der Waals surface area contributed by atoms with E-state index >= 15 is 0 Å². The highest BCUT2D eigenvalue weighted by Crippen LogP contribution is 2.37. The molecule has 3 heteroatoms. The van der Waals surface area contributed by atoms with Crippen LogP contribution in [0.15, 0.2) is 91.1 Å². The van der Waals surface area contributed by atoms with E-state index in [4.69, 9.17) is 0 Å². The molecular formula is C26H26N2O. The molecule has 0 N–H and O–H groups in total. The Kier molecular flexibility index (Phi) is 5.76. The summed E-state index contributed by atoms with van der Waals surface area (Å²) in [6.07, 6.45) is 10.5. The van der Waals surface area contributed by atoms with Gasteiger partial charge in [0.2, 0.25) is 0 Å². The molecule has 2 heterocycles. The fourth-order valence-electron chi connectivity index (χ4n) is 3.79. The first kappa shape index (κ1) is 19.0. The number of allylic oxidation sites excluding steroid dienone is 1. The van der Waals surface area contributed by atoms with Gasteiger partial charge in [-0.2, -0.15) is 0 Å². The number of carbonyl (C=O) groups is 1. The third-order valence-electron chi connectivity index (χ3n) is 5.29. The zero-order valence-electron chi connectivity index (χ0n) is 16.7. The molecular weight excluding hydrogens is 356 g/mol. The lowest BCUT2D eigenvalue weighted by atomic mass is 10.1. The maximum Gasteiger partial charge on any atom is 0.187 e. The van der Waals surface area contributed by atoms with Gasteiger partial charge in [0.1, 0.15) is 6.17 Å². The number of hydrogen-bond acceptors (Lipinski definition) is 2. The van der Waals surface area contributed by atoms with Gasteiger partial charge in [0.15, 0.2) is 5.78 Å². The van der Waals surface area contributed by atoms with Crippen LogP contribution in [0.25, 0.3) is 11.8 Å². The monoisotopic (exact) mass is 382 g/mol. The van der Waals surface area contributed by atoms with Crippen LogP contribution in [0.4, 0.5) is 0 Å². The van der Waals surface area contributed by atoms with E-state index in [1.54, 1.807) is 6.08 Å². The van der Waals surface area contributed by atoms with Gasteiger partial charge in [0.25, 0.3) is 0 Å². The van der Waals surface area contributed by atoms with Crippen molar-refractivity contribution in [3.05, 3.63) is 108 Å². The fourth-order valence-corrected chi connectivity index (χ4v) is 3.79. The van der Waals surface area contributed by atoms with E-state index in [0.717, 1.165) is 36.3 Å². The second-order valence-corrected chi connectivity index (χ2v) is 7.29. The molecule has 4 rings (SSSR count). The quantitative estimate of drug-likeness (QED) is 0.368. The molecule has 0 amide bonds. The molecule has 0 saturated heterocycles. The molecule has 1 unspecified atom stereocenters. The van der Waals surface area contributed by atoms with E-state index < -0.39 is 0 Å². The molecule has 0 aliphatic carbocycles. The van der Waals surface area contributed by atoms with Gasteiger partial charge in [-0.25, -0.2) is 0 Å². The molecule has 146 valence electrons. The zero-order chi connectivity index (χ0) is 20.1. The Hall–Kier alpha value is -3.33. The number of nitrogens with zero attached hydrogens (tertiary/aromatic N) is 2. The number of ketones is 1. The average molecular weight is 383 g/mol. The van der Waals surface area contributed by atoms with Crippen LogP contribution in [0.1, 0.15) is 47.5 Å². The van der Waals surface area contributed by atoms with Gasteiger partial charge in [-0.15, -0.1) is 0 Å². The lowest BCUT2D eigenvalue weighted by molar-refractivity contribution is 0.104. The van der Waals surface area contributed by atoms with Crippen molar-refractivity contribution in [2.24, 2.45) is 0 Å². The predicted molar refractivity (Wildman–Crippen MR) is 119 cm³/mol. The van der Waals surface area contributed by atoms with Crippen LogP contribution in [0.2, 0.25) is 0 Å². The molecule has 1 aromatic heterocycles. The molecule has 29 heavy (non-hydrogen) atoms. The van der Waals surface area contributed by atoms with Crippen molar-refractivity contribution in [1.82, 2.24) is 9.47 Å². The second-order valence-electron chi connectivity index (χ2n) is 7.29. The predicted octanol–water partition coefficient (Wildman–Crippen LogP) is 6.04. The molecule has 1 aliphatic rings. The summed E-state index contributed by atoms with van der Waals surface area (Å²) in [7, 11) is 0. The van der Waals surface area contributed by atoms with Gasteiger partial charge in [-0.1, -0.05) is 80.1 Å². The molecule has 1 aliphatic heterocycles. The molecule has 0 fully saturated rings. The van der Waals surface area contributed by atoms with E-state index in [2.05, 4.69) is 59.0 Å². The van der Waals surface area contributed by atoms with Crippen LogP contribution >= 0.6 is 0 Å². The summed E-state index contributed by atoms with van der Waals surface area (Å²) in [5, 5.41) is 0. The standard InChI is InChI=1S/C26H26N2O/c1-2-3-18-28-24(20-25(29)22-13-8-5-9-14-22)23-15-10-19-27(23)26(28)17-16-21-11-6-4-7-12-21/h4-17,19-20,26H,2-3,18H2,1H3/b17-16+,24-20+. The third-order valence-corrected chi connectivity index (χ3v) is 5.29. The summed E-state index contributed by atoms with van der Waals surface area (Å²) in [6, 6.07) is 24.0. The molecule has 3 aromatic rings. The van der Waals surface area contributed by atoms with Crippen LogP contribution in [-0.4, -0.2) is 21.8 Å². The largest absolute Gasteiger partial charge is 0.346 e. The van der Waals surface area contributed by atoms with Crippen LogP contribution in [-0.2, 0) is 0 Å². The van der Waals surface area contributed by atoms with Crippen molar-refractivity contribution < 1.29 is 4.79 Å². The van der Waals surface area contributed by atoms with Crippen molar-refractivity contribution in [2.45, 2.75) is 25.9 Å². The SMILES string of the molecule is CCCCN1/C(=C/C(=O)c2ccccc2)c2cccn2C1/C=C/c1ccccc1. The number of fused-ring (bicyclic) bond motifs is 1. The summed E-state index contributed by atoms with van der Waals surface area (Å²) in [4.78, 5) is 15.3. The number of benzene rings is 2. The first-order chi connectivity index (χ1) is 14.3. The second kappa shape index (κ2) is 8.78. The molecule has 0 radical (unpaired) electrons. The Labute approximate surface area is 172 Å².